The van der Waals surface area contributed by atoms with Crippen LogP contribution in [0.25, 0.3) is 22.6 Å². The van der Waals surface area contributed by atoms with Crippen LogP contribution in [-0.2, 0) is 4.79 Å². The number of carbonyl (C=O) groups excluding carboxylic acids is 1. The molecular formula is C15H11BrClN5O. The zero-order chi connectivity index (χ0) is 16.4. The van der Waals surface area contributed by atoms with Gasteiger partial charge in [0.1, 0.15) is 0 Å². The molecule has 2 aromatic heterocycles. The molecule has 2 heterocycles. The Hall–Kier alpha value is -2.38. The summed E-state index contributed by atoms with van der Waals surface area (Å²) in [4.78, 5) is 19.1. The Morgan fingerprint density at radius 2 is 2.00 bits per heavy atom. The number of carbonyl (C=O) groups is 1. The van der Waals surface area contributed by atoms with Crippen LogP contribution in [0.2, 0.25) is 5.02 Å². The molecule has 1 aromatic carbocycles. The van der Waals surface area contributed by atoms with Crippen molar-refractivity contribution in [2.75, 3.05) is 11.2 Å². The van der Waals surface area contributed by atoms with Crippen LogP contribution in [0.15, 0.2) is 47.1 Å². The van der Waals surface area contributed by atoms with E-state index in [1.165, 1.54) is 0 Å². The summed E-state index contributed by atoms with van der Waals surface area (Å²) in [6, 6.07) is 11.0. The van der Waals surface area contributed by atoms with Gasteiger partial charge in [-0.1, -0.05) is 23.7 Å². The van der Waals surface area contributed by atoms with E-state index in [0.29, 0.717) is 22.8 Å². The molecule has 0 aliphatic carbocycles. The van der Waals surface area contributed by atoms with E-state index >= 15 is 0 Å². The van der Waals surface area contributed by atoms with E-state index in [4.69, 9.17) is 17.3 Å². The fraction of sp³-hybridized carbons (Fsp3) is 0. The average molecular weight is 393 g/mol. The number of amides is 1. The Morgan fingerprint density at radius 1 is 1.22 bits per heavy atom. The molecular weight excluding hydrogens is 382 g/mol. The van der Waals surface area contributed by atoms with Crippen molar-refractivity contribution in [3.8, 4) is 22.6 Å². The van der Waals surface area contributed by atoms with Crippen molar-refractivity contribution in [2.45, 2.75) is 0 Å². The first-order valence-electron chi connectivity index (χ1n) is 6.57. The number of hydrogen-bond donors (Lipinski definition) is 2. The predicted octanol–water partition coefficient (Wildman–Crippen LogP) is 3.31. The molecule has 1 amide bonds. The fourth-order valence-corrected chi connectivity index (χ4v) is 2.85. The fourth-order valence-electron chi connectivity index (χ4n) is 2.26. The average Bonchev–Trinajstić information content (AvgIpc) is 2.94. The number of rotatable bonds is 4. The smallest absolute Gasteiger partial charge is 0.226 e. The quantitative estimate of drug-likeness (QED) is 0.667. The standard InChI is InChI=1S/C15H11BrClN5O/c16-10-3-1-2-9(14(10)17)12-4-5-13(22(12)20-8-23)11-6-7-19-15(18)21-11/h1-8H,(H,20,23)(H2,18,19,21). The molecule has 0 atom stereocenters. The summed E-state index contributed by atoms with van der Waals surface area (Å²) in [5.41, 5.74) is 11.0. The number of nitrogens with two attached hydrogens (primary N) is 1. The first-order chi connectivity index (χ1) is 11.1. The van der Waals surface area contributed by atoms with Crippen LogP contribution in [-0.4, -0.2) is 21.1 Å². The first-order valence-corrected chi connectivity index (χ1v) is 7.74. The molecule has 23 heavy (non-hydrogen) atoms. The minimum atomic E-state index is 0.156. The summed E-state index contributed by atoms with van der Waals surface area (Å²) < 4.78 is 2.37. The van der Waals surface area contributed by atoms with Gasteiger partial charge < -0.3 is 5.73 Å². The minimum Gasteiger partial charge on any atom is -0.368 e. The lowest BCUT2D eigenvalue weighted by Crippen LogP contribution is -2.15. The van der Waals surface area contributed by atoms with Gasteiger partial charge in [0.05, 0.1) is 22.1 Å². The lowest BCUT2D eigenvalue weighted by atomic mass is 10.1. The van der Waals surface area contributed by atoms with Gasteiger partial charge in [-0.25, -0.2) is 9.97 Å². The van der Waals surface area contributed by atoms with Crippen molar-refractivity contribution in [3.05, 3.63) is 52.1 Å². The van der Waals surface area contributed by atoms with Crippen LogP contribution in [0.3, 0.4) is 0 Å². The predicted molar refractivity (Wildman–Crippen MR) is 93.4 cm³/mol. The summed E-state index contributed by atoms with van der Waals surface area (Å²) in [5.74, 6) is 0.156. The lowest BCUT2D eigenvalue weighted by molar-refractivity contribution is -0.106. The first kappa shape index (κ1) is 15.5. The molecule has 0 unspecified atom stereocenters. The van der Waals surface area contributed by atoms with E-state index in [0.717, 1.165) is 15.7 Å². The van der Waals surface area contributed by atoms with Crippen LogP contribution in [0.1, 0.15) is 0 Å². The maximum absolute atomic E-state index is 11.0. The van der Waals surface area contributed by atoms with Crippen molar-refractivity contribution in [1.29, 1.82) is 0 Å². The third-order valence-electron chi connectivity index (χ3n) is 3.23. The van der Waals surface area contributed by atoms with Crippen molar-refractivity contribution in [2.24, 2.45) is 0 Å². The molecule has 3 N–H and O–H groups in total. The second kappa shape index (κ2) is 6.39. The number of benzene rings is 1. The van der Waals surface area contributed by atoms with Gasteiger partial charge in [-0.15, -0.1) is 0 Å². The molecule has 0 spiro atoms. The summed E-state index contributed by atoms with van der Waals surface area (Å²) in [6.07, 6.45) is 2.14. The third kappa shape index (κ3) is 2.93. The number of aromatic nitrogens is 3. The molecule has 0 aliphatic rings. The highest BCUT2D eigenvalue weighted by Crippen LogP contribution is 2.35. The van der Waals surface area contributed by atoms with Gasteiger partial charge in [-0.3, -0.25) is 14.9 Å². The number of nitrogen functional groups attached to an aromatic ring is 1. The number of nitrogens with one attached hydrogen (secondary N) is 1. The van der Waals surface area contributed by atoms with Gasteiger partial charge in [-0.05, 0) is 40.2 Å². The van der Waals surface area contributed by atoms with E-state index in [1.54, 1.807) is 16.9 Å². The van der Waals surface area contributed by atoms with Crippen molar-refractivity contribution < 1.29 is 4.79 Å². The molecule has 116 valence electrons. The van der Waals surface area contributed by atoms with Gasteiger partial charge in [0.15, 0.2) is 0 Å². The summed E-state index contributed by atoms with van der Waals surface area (Å²) in [5, 5.41) is 0.549. The van der Waals surface area contributed by atoms with Gasteiger partial charge in [0.2, 0.25) is 12.4 Å². The normalized spacial score (nSPS) is 10.5. The summed E-state index contributed by atoms with van der Waals surface area (Å²) >= 11 is 9.76. The molecule has 3 rings (SSSR count). The maximum Gasteiger partial charge on any atom is 0.226 e. The van der Waals surface area contributed by atoms with Gasteiger partial charge >= 0.3 is 0 Å². The Bertz CT molecular complexity index is 880. The Labute approximate surface area is 145 Å². The molecule has 6 nitrogen and oxygen atoms in total. The SMILES string of the molecule is Nc1nccc(-c2ccc(-c3cccc(Br)c3Cl)n2NC=O)n1. The molecule has 0 fully saturated rings. The van der Waals surface area contributed by atoms with E-state index in [1.807, 2.05) is 30.3 Å². The molecule has 8 heteroatoms. The second-order valence-corrected chi connectivity index (χ2v) is 5.82. The van der Waals surface area contributed by atoms with Crippen LogP contribution >= 0.6 is 27.5 Å². The number of halogens is 2. The highest BCUT2D eigenvalue weighted by molar-refractivity contribution is 9.10. The number of anilines is 1. The number of nitrogens with zero attached hydrogens (tertiary/aromatic N) is 3. The van der Waals surface area contributed by atoms with E-state index in [-0.39, 0.29) is 5.95 Å². The Morgan fingerprint density at radius 3 is 2.74 bits per heavy atom. The molecule has 0 aliphatic heterocycles. The largest absolute Gasteiger partial charge is 0.368 e. The summed E-state index contributed by atoms with van der Waals surface area (Å²) in [7, 11) is 0. The zero-order valence-electron chi connectivity index (χ0n) is 11.7. The number of hydrogen-bond acceptors (Lipinski definition) is 4. The van der Waals surface area contributed by atoms with Crippen LogP contribution in [0.4, 0.5) is 5.95 Å². The van der Waals surface area contributed by atoms with Gasteiger partial charge in [0, 0.05) is 16.2 Å². The lowest BCUT2D eigenvalue weighted by Gasteiger charge is -2.13. The zero-order valence-corrected chi connectivity index (χ0v) is 14.0. The van der Waals surface area contributed by atoms with E-state index < -0.39 is 0 Å². The van der Waals surface area contributed by atoms with Crippen LogP contribution in [0.5, 0.6) is 0 Å². The molecule has 0 saturated heterocycles. The molecule has 0 bridgehead atoms. The van der Waals surface area contributed by atoms with E-state index in [2.05, 4.69) is 31.3 Å². The van der Waals surface area contributed by atoms with E-state index in [9.17, 15) is 4.79 Å². The second-order valence-electron chi connectivity index (χ2n) is 4.59. The van der Waals surface area contributed by atoms with Crippen LogP contribution < -0.4 is 11.2 Å². The van der Waals surface area contributed by atoms with Crippen LogP contribution in [0, 0.1) is 0 Å². The topological polar surface area (TPSA) is 85.8 Å². The Balaban J connectivity index is 2.20. The van der Waals surface area contributed by atoms with Gasteiger partial charge in [-0.2, -0.15) is 0 Å². The van der Waals surface area contributed by atoms with Crippen molar-refractivity contribution >= 4 is 39.9 Å². The van der Waals surface area contributed by atoms with Crippen molar-refractivity contribution in [3.63, 3.8) is 0 Å². The molecule has 0 saturated carbocycles. The molecule has 3 aromatic rings. The Kier molecular flexibility index (Phi) is 4.31. The highest BCUT2D eigenvalue weighted by Gasteiger charge is 2.16. The van der Waals surface area contributed by atoms with Crippen molar-refractivity contribution in [1.82, 2.24) is 14.6 Å². The maximum atomic E-state index is 11.0. The van der Waals surface area contributed by atoms with Gasteiger partial charge in [0.25, 0.3) is 0 Å². The monoisotopic (exact) mass is 391 g/mol. The summed E-state index contributed by atoms with van der Waals surface area (Å²) in [6.45, 7) is 0. The third-order valence-corrected chi connectivity index (χ3v) is 4.52. The molecule has 0 radical (unpaired) electrons. The minimum absolute atomic E-state index is 0.156. The highest BCUT2D eigenvalue weighted by atomic mass is 79.9.